The third kappa shape index (κ3) is 3.72. The zero-order valence-corrected chi connectivity index (χ0v) is 14.7. The van der Waals surface area contributed by atoms with E-state index >= 15 is 0 Å². The molecule has 0 bridgehead atoms. The number of rotatable bonds is 6. The van der Waals surface area contributed by atoms with E-state index < -0.39 is 13.4 Å². The van der Waals surface area contributed by atoms with Crippen molar-refractivity contribution in [2.24, 2.45) is 0 Å². The lowest BCUT2D eigenvalue weighted by Gasteiger charge is -2.28. The van der Waals surface area contributed by atoms with E-state index in [1.54, 1.807) is 0 Å². The predicted octanol–water partition coefficient (Wildman–Crippen LogP) is 1.91. The molecule has 0 radical (unpaired) electrons. The summed E-state index contributed by atoms with van der Waals surface area (Å²) in [4.78, 5) is 10.9. The summed E-state index contributed by atoms with van der Waals surface area (Å²) in [6.45, 7) is 0.356. The van der Waals surface area contributed by atoms with Gasteiger partial charge in [0.15, 0.2) is 0 Å². The smallest absolute Gasteiger partial charge is 0.134 e. The van der Waals surface area contributed by atoms with Crippen LogP contribution in [0, 0.1) is 0 Å². The van der Waals surface area contributed by atoms with Gasteiger partial charge in [0.2, 0.25) is 0 Å². The second-order valence-corrected chi connectivity index (χ2v) is 9.37. The summed E-state index contributed by atoms with van der Waals surface area (Å²) in [6.07, 6.45) is -0.522. The minimum absolute atomic E-state index is 0.356. The highest BCUT2D eigenvalue weighted by atomic mass is 31.2. The minimum atomic E-state index is -1.96. The lowest BCUT2D eigenvalue weighted by molar-refractivity contribution is -0.250. The van der Waals surface area contributed by atoms with Crippen LogP contribution in [0.4, 0.5) is 4.79 Å². The van der Waals surface area contributed by atoms with Gasteiger partial charge in [0, 0.05) is 0 Å². The van der Waals surface area contributed by atoms with Crippen LogP contribution < -0.4 is 26.3 Å². The van der Waals surface area contributed by atoms with Crippen molar-refractivity contribution in [3.8, 4) is 0 Å². The standard InChI is InChI=1S/C21H20NO2P/c23-21(24)22-16-17-25(18-10-4-1-5-11-18,19-12-6-2-7-13-19)20-14-8-3-9-15-20/h1-15,22H,16-17H2. The van der Waals surface area contributed by atoms with E-state index in [0.717, 1.165) is 0 Å². The van der Waals surface area contributed by atoms with Gasteiger partial charge >= 0.3 is 0 Å². The number of nitrogens with one attached hydrogen (secondary N) is 1. The lowest BCUT2D eigenvalue weighted by atomic mass is 10.4. The van der Waals surface area contributed by atoms with E-state index in [-0.39, 0.29) is 0 Å². The van der Waals surface area contributed by atoms with Gasteiger partial charge in [-0.25, -0.2) is 0 Å². The Hall–Kier alpha value is -2.64. The van der Waals surface area contributed by atoms with Gasteiger partial charge in [-0.15, -0.1) is 0 Å². The molecule has 0 aliphatic rings. The van der Waals surface area contributed by atoms with Gasteiger partial charge in [-0.2, -0.15) is 0 Å². The quantitative estimate of drug-likeness (QED) is 0.691. The van der Waals surface area contributed by atoms with Crippen molar-refractivity contribution >= 4 is 29.3 Å². The first kappa shape index (κ1) is 17.2. The summed E-state index contributed by atoms with van der Waals surface area (Å²) in [5.41, 5.74) is 0. The van der Waals surface area contributed by atoms with E-state index in [2.05, 4.69) is 41.7 Å². The Bertz CT molecular complexity index is 710. The van der Waals surface area contributed by atoms with Crippen LogP contribution in [0.15, 0.2) is 91.0 Å². The lowest BCUT2D eigenvalue weighted by Crippen LogP contribution is -2.41. The molecule has 4 heteroatoms. The van der Waals surface area contributed by atoms with E-state index in [0.29, 0.717) is 12.7 Å². The van der Waals surface area contributed by atoms with Gasteiger partial charge in [-0.3, -0.25) is 0 Å². The molecule has 0 atom stereocenters. The summed E-state index contributed by atoms with van der Waals surface area (Å²) < 4.78 is 0. The molecule has 0 saturated carbocycles. The third-order valence-corrected chi connectivity index (χ3v) is 8.74. The van der Waals surface area contributed by atoms with Crippen molar-refractivity contribution in [3.63, 3.8) is 0 Å². The van der Waals surface area contributed by atoms with Gasteiger partial charge < -0.3 is 15.2 Å². The molecular formula is C21H20NO2P. The highest BCUT2D eigenvalue weighted by Crippen LogP contribution is 2.54. The van der Waals surface area contributed by atoms with Crippen molar-refractivity contribution in [2.75, 3.05) is 12.7 Å². The highest BCUT2D eigenvalue weighted by molar-refractivity contribution is 7.95. The fourth-order valence-corrected chi connectivity index (χ4v) is 7.37. The van der Waals surface area contributed by atoms with E-state index in [1.165, 1.54) is 15.9 Å². The molecule has 25 heavy (non-hydrogen) atoms. The average molecular weight is 349 g/mol. The SMILES string of the molecule is O=C([O-])NCC[P+](c1ccccc1)(c1ccccc1)c1ccccc1. The molecule has 0 aromatic heterocycles. The van der Waals surface area contributed by atoms with Gasteiger partial charge in [0.25, 0.3) is 0 Å². The monoisotopic (exact) mass is 349 g/mol. The molecule has 3 nitrogen and oxygen atoms in total. The summed E-state index contributed by atoms with van der Waals surface area (Å²) in [7, 11) is -1.96. The average Bonchev–Trinajstić information content (AvgIpc) is 2.67. The summed E-state index contributed by atoms with van der Waals surface area (Å²) >= 11 is 0. The number of carbonyl (C=O) groups excluding carboxylic acids is 1. The molecule has 1 N–H and O–H groups in total. The normalized spacial score (nSPS) is 11.0. The molecule has 0 fully saturated rings. The maximum Gasteiger partial charge on any atom is 0.134 e. The number of benzene rings is 3. The Morgan fingerprint density at radius 2 is 1.08 bits per heavy atom. The van der Waals surface area contributed by atoms with E-state index in [1.807, 2.05) is 54.6 Å². The number of carbonyl (C=O) groups is 1. The first-order valence-corrected chi connectivity index (χ1v) is 10.2. The molecule has 3 rings (SSSR count). The Kier molecular flexibility index (Phi) is 5.47. The van der Waals surface area contributed by atoms with Crippen LogP contribution in [0.1, 0.15) is 0 Å². The van der Waals surface area contributed by atoms with Crippen molar-refractivity contribution in [1.82, 2.24) is 5.32 Å². The molecule has 0 heterocycles. The molecule has 1 amide bonds. The predicted molar refractivity (Wildman–Crippen MR) is 103 cm³/mol. The van der Waals surface area contributed by atoms with Crippen LogP contribution in [-0.4, -0.2) is 18.8 Å². The molecule has 0 unspecified atom stereocenters. The minimum Gasteiger partial charge on any atom is -0.530 e. The third-order valence-electron chi connectivity index (χ3n) is 4.31. The van der Waals surface area contributed by atoms with Gasteiger partial charge in [-0.05, 0) is 36.4 Å². The first-order chi connectivity index (χ1) is 12.2. The Morgan fingerprint density at radius 3 is 1.40 bits per heavy atom. The van der Waals surface area contributed by atoms with Crippen LogP contribution in [0.3, 0.4) is 0 Å². The van der Waals surface area contributed by atoms with Crippen LogP contribution in [0.5, 0.6) is 0 Å². The van der Waals surface area contributed by atoms with Crippen LogP contribution in [-0.2, 0) is 0 Å². The van der Waals surface area contributed by atoms with Crippen molar-refractivity contribution in [1.29, 1.82) is 0 Å². The maximum atomic E-state index is 10.9. The molecule has 0 saturated heterocycles. The van der Waals surface area contributed by atoms with E-state index in [4.69, 9.17) is 0 Å². The first-order valence-electron chi connectivity index (χ1n) is 8.23. The van der Waals surface area contributed by atoms with Crippen molar-refractivity contribution in [3.05, 3.63) is 91.0 Å². The van der Waals surface area contributed by atoms with Gasteiger partial charge in [0.1, 0.15) is 29.3 Å². The summed E-state index contributed by atoms with van der Waals surface area (Å²) in [5, 5.41) is 17.1. The van der Waals surface area contributed by atoms with Gasteiger partial charge in [0.05, 0.1) is 12.7 Å². The van der Waals surface area contributed by atoms with E-state index in [9.17, 15) is 9.90 Å². The number of carboxylic acid groups (broad SMARTS) is 1. The second-order valence-electron chi connectivity index (χ2n) is 5.75. The summed E-state index contributed by atoms with van der Waals surface area (Å²) in [6, 6.07) is 31.2. The fourth-order valence-electron chi connectivity index (χ4n) is 3.21. The van der Waals surface area contributed by atoms with Crippen molar-refractivity contribution in [2.45, 2.75) is 0 Å². The van der Waals surface area contributed by atoms with Gasteiger partial charge in [-0.1, -0.05) is 54.6 Å². The van der Waals surface area contributed by atoms with Crippen LogP contribution >= 0.6 is 7.26 Å². The molecule has 0 spiro atoms. The largest absolute Gasteiger partial charge is 0.530 e. The topological polar surface area (TPSA) is 52.2 Å². The molecule has 0 aliphatic heterocycles. The Labute approximate surface area is 148 Å². The fraction of sp³-hybridized carbons (Fsp3) is 0.0952. The number of amides is 1. The number of hydrogen-bond donors (Lipinski definition) is 1. The Morgan fingerprint density at radius 1 is 0.720 bits per heavy atom. The van der Waals surface area contributed by atoms with Crippen LogP contribution in [0.25, 0.3) is 0 Å². The molecular weight excluding hydrogens is 329 g/mol. The zero-order valence-electron chi connectivity index (χ0n) is 13.8. The summed E-state index contributed by atoms with van der Waals surface area (Å²) in [5.74, 6) is 0. The molecule has 3 aromatic rings. The molecule has 3 aromatic carbocycles. The molecule has 126 valence electrons. The maximum absolute atomic E-state index is 10.9. The second kappa shape index (κ2) is 7.96. The van der Waals surface area contributed by atoms with Crippen molar-refractivity contribution < 1.29 is 9.90 Å². The Balaban J connectivity index is 2.18. The van der Waals surface area contributed by atoms with Crippen LogP contribution in [0.2, 0.25) is 0 Å². The highest BCUT2D eigenvalue weighted by Gasteiger charge is 2.44. The number of hydrogen-bond acceptors (Lipinski definition) is 2. The zero-order chi connectivity index (χ0) is 17.5. The molecule has 0 aliphatic carbocycles.